The fourth-order valence-electron chi connectivity index (χ4n) is 1.78. The summed E-state index contributed by atoms with van der Waals surface area (Å²) < 4.78 is 19.8. The normalized spacial score (nSPS) is 10.2. The van der Waals surface area contributed by atoms with E-state index in [2.05, 4.69) is 15.9 Å². The molecule has 110 valence electrons. The quantitative estimate of drug-likeness (QED) is 0.823. The number of likely N-dealkylation sites (N-methyl/N-ethyl adjacent to an activating group) is 1. The van der Waals surface area contributed by atoms with Crippen LogP contribution in [0.5, 0.6) is 5.75 Å². The third kappa shape index (κ3) is 4.56. The highest BCUT2D eigenvalue weighted by Crippen LogP contribution is 2.17. The van der Waals surface area contributed by atoms with Gasteiger partial charge in [0.25, 0.3) is 5.91 Å². The molecule has 0 aliphatic carbocycles. The summed E-state index contributed by atoms with van der Waals surface area (Å²) in [5.74, 6) is 0.0836. The summed E-state index contributed by atoms with van der Waals surface area (Å²) in [5.41, 5.74) is 0.482. The summed E-state index contributed by atoms with van der Waals surface area (Å²) in [6, 6.07) is 13.7. The molecular weight excluding hydrogens is 337 g/mol. The van der Waals surface area contributed by atoms with E-state index in [4.69, 9.17) is 4.74 Å². The molecule has 0 saturated heterocycles. The Hall–Kier alpha value is -1.88. The number of carbonyl (C=O) groups is 1. The van der Waals surface area contributed by atoms with Gasteiger partial charge in [-0.25, -0.2) is 4.39 Å². The van der Waals surface area contributed by atoms with Gasteiger partial charge in [-0.2, -0.15) is 0 Å². The summed E-state index contributed by atoms with van der Waals surface area (Å²) in [6.45, 7) is 0.134. The molecule has 5 heteroatoms. The molecule has 0 bridgehead atoms. The Morgan fingerprint density at radius 1 is 1.24 bits per heavy atom. The van der Waals surface area contributed by atoms with Crippen LogP contribution in [0.25, 0.3) is 0 Å². The van der Waals surface area contributed by atoms with Crippen LogP contribution < -0.4 is 4.74 Å². The number of nitrogens with zero attached hydrogens (tertiary/aromatic N) is 1. The number of halogens is 2. The fraction of sp³-hybridized carbons (Fsp3) is 0.188. The molecule has 1 amide bonds. The van der Waals surface area contributed by atoms with Crippen LogP contribution in [-0.4, -0.2) is 24.5 Å². The summed E-state index contributed by atoms with van der Waals surface area (Å²) >= 11 is 3.33. The minimum Gasteiger partial charge on any atom is -0.484 e. The number of hydrogen-bond acceptors (Lipinski definition) is 2. The molecule has 0 N–H and O–H groups in total. The van der Waals surface area contributed by atoms with Crippen LogP contribution in [0.4, 0.5) is 4.39 Å². The maximum absolute atomic E-state index is 13.5. The predicted molar refractivity (Wildman–Crippen MR) is 82.5 cm³/mol. The Bertz CT molecular complexity index is 633. The van der Waals surface area contributed by atoms with Gasteiger partial charge in [-0.05, 0) is 24.3 Å². The SMILES string of the molecule is CN(Cc1ccccc1F)C(=O)COc1cccc(Br)c1. The lowest BCUT2D eigenvalue weighted by molar-refractivity contribution is -0.132. The van der Waals surface area contributed by atoms with Gasteiger partial charge >= 0.3 is 0 Å². The molecule has 0 aromatic heterocycles. The summed E-state index contributed by atoms with van der Waals surface area (Å²) in [4.78, 5) is 13.4. The van der Waals surface area contributed by atoms with Crippen LogP contribution in [0.3, 0.4) is 0 Å². The first kappa shape index (κ1) is 15.5. The molecule has 0 unspecified atom stereocenters. The smallest absolute Gasteiger partial charge is 0.260 e. The van der Waals surface area contributed by atoms with Gasteiger partial charge in [-0.3, -0.25) is 4.79 Å². The molecule has 0 aliphatic rings. The summed E-state index contributed by atoms with van der Waals surface area (Å²) in [7, 11) is 1.62. The minimum atomic E-state index is -0.315. The molecule has 0 atom stereocenters. The maximum Gasteiger partial charge on any atom is 0.260 e. The first-order valence-electron chi connectivity index (χ1n) is 6.42. The Balaban J connectivity index is 1.90. The van der Waals surface area contributed by atoms with E-state index >= 15 is 0 Å². The van der Waals surface area contributed by atoms with Gasteiger partial charge in [-0.15, -0.1) is 0 Å². The molecule has 0 heterocycles. The second kappa shape index (κ2) is 7.22. The standard InChI is InChI=1S/C16H15BrFNO2/c1-19(10-12-5-2-3-8-15(12)18)16(20)11-21-14-7-4-6-13(17)9-14/h2-9H,10-11H2,1H3. The van der Waals surface area contributed by atoms with E-state index in [1.165, 1.54) is 11.0 Å². The molecule has 0 aliphatic heterocycles. The van der Waals surface area contributed by atoms with Crippen molar-refractivity contribution in [2.75, 3.05) is 13.7 Å². The second-order valence-electron chi connectivity index (χ2n) is 4.59. The molecule has 0 fully saturated rings. The van der Waals surface area contributed by atoms with Crippen molar-refractivity contribution in [2.45, 2.75) is 6.54 Å². The molecule has 0 saturated carbocycles. The van der Waals surface area contributed by atoms with Crippen molar-refractivity contribution < 1.29 is 13.9 Å². The van der Waals surface area contributed by atoms with Crippen LogP contribution in [-0.2, 0) is 11.3 Å². The molecule has 0 spiro atoms. The van der Waals surface area contributed by atoms with Crippen molar-refractivity contribution in [2.24, 2.45) is 0 Å². The highest BCUT2D eigenvalue weighted by Gasteiger charge is 2.12. The molecule has 2 aromatic rings. The lowest BCUT2D eigenvalue weighted by Crippen LogP contribution is -2.31. The van der Waals surface area contributed by atoms with Gasteiger partial charge in [0.15, 0.2) is 6.61 Å². The van der Waals surface area contributed by atoms with Crippen molar-refractivity contribution in [1.29, 1.82) is 0 Å². The lowest BCUT2D eigenvalue weighted by atomic mass is 10.2. The molecular formula is C16H15BrFNO2. The second-order valence-corrected chi connectivity index (χ2v) is 5.50. The number of carbonyl (C=O) groups excluding carboxylic acids is 1. The number of benzene rings is 2. The number of amides is 1. The van der Waals surface area contributed by atoms with Gasteiger partial charge in [0.2, 0.25) is 0 Å². The van der Waals surface area contributed by atoms with Crippen LogP contribution in [0.1, 0.15) is 5.56 Å². The zero-order chi connectivity index (χ0) is 15.2. The van der Waals surface area contributed by atoms with Gasteiger partial charge in [0, 0.05) is 23.6 Å². The first-order valence-corrected chi connectivity index (χ1v) is 7.21. The lowest BCUT2D eigenvalue weighted by Gasteiger charge is -2.18. The molecule has 2 rings (SSSR count). The number of ether oxygens (including phenoxy) is 1. The van der Waals surface area contributed by atoms with E-state index in [0.717, 1.165) is 4.47 Å². The fourth-order valence-corrected chi connectivity index (χ4v) is 2.16. The van der Waals surface area contributed by atoms with Crippen LogP contribution in [0.2, 0.25) is 0 Å². The van der Waals surface area contributed by atoms with E-state index in [9.17, 15) is 9.18 Å². The Morgan fingerprint density at radius 2 is 2.00 bits per heavy atom. The molecule has 21 heavy (non-hydrogen) atoms. The first-order chi connectivity index (χ1) is 10.1. The van der Waals surface area contributed by atoms with Crippen LogP contribution in [0.15, 0.2) is 53.0 Å². The van der Waals surface area contributed by atoms with Crippen LogP contribution in [0, 0.1) is 5.82 Å². The van der Waals surface area contributed by atoms with Crippen molar-refractivity contribution in [3.05, 3.63) is 64.4 Å². The van der Waals surface area contributed by atoms with E-state index in [-0.39, 0.29) is 24.9 Å². The highest BCUT2D eigenvalue weighted by molar-refractivity contribution is 9.10. The number of rotatable bonds is 5. The molecule has 2 aromatic carbocycles. The predicted octanol–water partition coefficient (Wildman–Crippen LogP) is 3.63. The summed E-state index contributed by atoms with van der Waals surface area (Å²) in [6.07, 6.45) is 0. The molecule has 3 nitrogen and oxygen atoms in total. The third-order valence-electron chi connectivity index (χ3n) is 2.95. The monoisotopic (exact) mass is 351 g/mol. The van der Waals surface area contributed by atoms with E-state index in [1.54, 1.807) is 37.4 Å². The summed E-state index contributed by atoms with van der Waals surface area (Å²) in [5, 5.41) is 0. The van der Waals surface area contributed by atoms with Crippen molar-refractivity contribution >= 4 is 21.8 Å². The Morgan fingerprint density at radius 3 is 2.71 bits per heavy atom. The number of hydrogen-bond donors (Lipinski definition) is 0. The van der Waals surface area contributed by atoms with E-state index < -0.39 is 0 Å². The van der Waals surface area contributed by atoms with E-state index in [0.29, 0.717) is 11.3 Å². The highest BCUT2D eigenvalue weighted by atomic mass is 79.9. The van der Waals surface area contributed by atoms with Gasteiger partial charge in [0.05, 0.1) is 0 Å². The topological polar surface area (TPSA) is 29.5 Å². The van der Waals surface area contributed by atoms with Crippen molar-refractivity contribution in [3.8, 4) is 5.75 Å². The zero-order valence-electron chi connectivity index (χ0n) is 11.6. The van der Waals surface area contributed by atoms with Gasteiger partial charge in [-0.1, -0.05) is 40.2 Å². The van der Waals surface area contributed by atoms with E-state index in [1.807, 2.05) is 12.1 Å². The van der Waals surface area contributed by atoms with Crippen molar-refractivity contribution in [3.63, 3.8) is 0 Å². The zero-order valence-corrected chi connectivity index (χ0v) is 13.1. The molecule has 0 radical (unpaired) electrons. The van der Waals surface area contributed by atoms with Crippen molar-refractivity contribution in [1.82, 2.24) is 4.90 Å². The average Bonchev–Trinajstić information content (AvgIpc) is 2.47. The third-order valence-corrected chi connectivity index (χ3v) is 3.44. The van der Waals surface area contributed by atoms with Gasteiger partial charge < -0.3 is 9.64 Å². The largest absolute Gasteiger partial charge is 0.484 e. The van der Waals surface area contributed by atoms with Crippen LogP contribution >= 0.6 is 15.9 Å². The average molecular weight is 352 g/mol. The Kier molecular flexibility index (Phi) is 5.33. The Labute approximate surface area is 131 Å². The maximum atomic E-state index is 13.5. The minimum absolute atomic E-state index is 0.0819. The van der Waals surface area contributed by atoms with Gasteiger partial charge in [0.1, 0.15) is 11.6 Å².